The molecule has 2 rings (SSSR count). The second-order valence-electron chi connectivity index (χ2n) is 10.1. The molecule has 35 heavy (non-hydrogen) atoms. The first-order chi connectivity index (χ1) is 16.5. The van der Waals surface area contributed by atoms with Crippen LogP contribution >= 0.6 is 0 Å². The van der Waals surface area contributed by atoms with Gasteiger partial charge in [-0.25, -0.2) is 4.79 Å². The number of hydrogen-bond donors (Lipinski definition) is 5. The molecule has 1 aliphatic heterocycles. The van der Waals surface area contributed by atoms with Crippen molar-refractivity contribution in [3.8, 4) is 0 Å². The summed E-state index contributed by atoms with van der Waals surface area (Å²) in [7, 11) is -4.91. The summed E-state index contributed by atoms with van der Waals surface area (Å²) in [4.78, 5) is 37.2. The number of alkyl carbamates (subject to hydrolysis) is 1. The van der Waals surface area contributed by atoms with E-state index in [-0.39, 0.29) is 31.3 Å². The van der Waals surface area contributed by atoms with Gasteiger partial charge < -0.3 is 25.8 Å². The first kappa shape index (κ1) is 29.3. The van der Waals surface area contributed by atoms with Gasteiger partial charge in [-0.05, 0) is 43.9 Å². The molecule has 11 nitrogen and oxygen atoms in total. The normalized spacial score (nSPS) is 21.7. The summed E-state index contributed by atoms with van der Waals surface area (Å²) in [6, 6.07) is -2.48. The van der Waals surface area contributed by atoms with E-state index in [0.29, 0.717) is 18.9 Å². The summed E-state index contributed by atoms with van der Waals surface area (Å²) in [6.45, 7) is 4.34. The topological polar surface area (TPSA) is 171 Å². The van der Waals surface area contributed by atoms with Gasteiger partial charge in [0.15, 0.2) is 0 Å². The maximum Gasteiger partial charge on any atom is 0.407 e. The van der Waals surface area contributed by atoms with Gasteiger partial charge >= 0.3 is 6.09 Å². The summed E-state index contributed by atoms with van der Waals surface area (Å²) < 4.78 is 37.7. The average Bonchev–Trinajstić information content (AvgIpc) is 3.19. The van der Waals surface area contributed by atoms with E-state index in [9.17, 15) is 32.5 Å². The Labute approximate surface area is 207 Å². The van der Waals surface area contributed by atoms with Crippen LogP contribution in [0.4, 0.5) is 4.79 Å². The number of hydrogen-bond acceptors (Lipinski definition) is 7. The summed E-state index contributed by atoms with van der Waals surface area (Å²) in [5, 5.41) is 17.7. The molecule has 0 bridgehead atoms. The Morgan fingerprint density at radius 3 is 2.40 bits per heavy atom. The van der Waals surface area contributed by atoms with Gasteiger partial charge in [0.1, 0.15) is 6.04 Å². The summed E-state index contributed by atoms with van der Waals surface area (Å²) in [6.07, 6.45) is 7.64. The lowest BCUT2D eigenvalue weighted by atomic mass is 9.86. The lowest BCUT2D eigenvalue weighted by Gasteiger charge is -2.27. The minimum Gasteiger partial charge on any atom is -0.450 e. The second kappa shape index (κ2) is 14.0. The molecule has 2 aliphatic rings. The molecule has 12 heteroatoms. The maximum absolute atomic E-state index is 13.0. The predicted octanol–water partition coefficient (Wildman–Crippen LogP) is 1.71. The van der Waals surface area contributed by atoms with E-state index < -0.39 is 45.6 Å². The van der Waals surface area contributed by atoms with Crippen LogP contribution in [0.15, 0.2) is 0 Å². The Morgan fingerprint density at radius 1 is 1.14 bits per heavy atom. The number of nitrogens with one attached hydrogen (secondary N) is 3. The molecule has 1 heterocycles. The standard InChI is InChI=1S/C23H41N3O8S/c1-15(2)13-18(26-23(30)34-12-6-9-16-7-4-3-5-8-16)21(28)25-19(22(29)35(31,32)33)14-17-10-11-24-20(17)27/h15-19,22,29H,3-14H2,1-2H3,(H,24,27)(H,25,28)(H,26,30)(H,31,32,33)/t17?,18?,19-,22?/m0/s1. The van der Waals surface area contributed by atoms with Crippen molar-refractivity contribution < 1.29 is 37.2 Å². The molecule has 3 unspecified atom stereocenters. The van der Waals surface area contributed by atoms with Gasteiger partial charge in [-0.2, -0.15) is 8.42 Å². The molecule has 0 spiro atoms. The van der Waals surface area contributed by atoms with Crippen LogP contribution in [0.2, 0.25) is 0 Å². The maximum atomic E-state index is 13.0. The SMILES string of the molecule is CC(C)CC(NC(=O)OCCCC1CCCCC1)C(=O)N[C@@H](CC1CCNC1=O)C(O)S(=O)(=O)O. The van der Waals surface area contributed by atoms with Crippen LogP contribution in [0.5, 0.6) is 0 Å². The number of carbonyl (C=O) groups excluding carboxylic acids is 3. The smallest absolute Gasteiger partial charge is 0.407 e. The Balaban J connectivity index is 1.94. The highest BCUT2D eigenvalue weighted by molar-refractivity contribution is 7.86. The number of rotatable bonds is 13. The average molecular weight is 520 g/mol. The third-order valence-electron chi connectivity index (χ3n) is 6.71. The molecular formula is C23H41N3O8S. The van der Waals surface area contributed by atoms with E-state index in [1.54, 1.807) is 0 Å². The fourth-order valence-corrected chi connectivity index (χ4v) is 5.41. The molecule has 0 radical (unpaired) electrons. The molecule has 1 saturated heterocycles. The summed E-state index contributed by atoms with van der Waals surface area (Å²) in [5.41, 5.74) is -2.31. The van der Waals surface area contributed by atoms with Crippen LogP contribution in [0.25, 0.3) is 0 Å². The van der Waals surface area contributed by atoms with Crippen molar-refractivity contribution in [2.24, 2.45) is 17.8 Å². The van der Waals surface area contributed by atoms with Gasteiger partial charge in [0, 0.05) is 12.5 Å². The van der Waals surface area contributed by atoms with Crippen molar-refractivity contribution in [3.05, 3.63) is 0 Å². The van der Waals surface area contributed by atoms with E-state index >= 15 is 0 Å². The lowest BCUT2D eigenvalue weighted by Crippen LogP contribution is -2.55. The van der Waals surface area contributed by atoms with E-state index in [2.05, 4.69) is 16.0 Å². The molecule has 0 aromatic carbocycles. The molecule has 1 saturated carbocycles. The van der Waals surface area contributed by atoms with Crippen molar-refractivity contribution in [2.45, 2.75) is 95.6 Å². The zero-order chi connectivity index (χ0) is 26.0. The molecule has 1 aliphatic carbocycles. The van der Waals surface area contributed by atoms with Crippen molar-refractivity contribution >= 4 is 28.0 Å². The molecule has 0 aromatic rings. The number of aliphatic hydroxyl groups excluding tert-OH is 1. The van der Waals surface area contributed by atoms with Gasteiger partial charge in [-0.3, -0.25) is 14.1 Å². The van der Waals surface area contributed by atoms with Crippen molar-refractivity contribution in [1.29, 1.82) is 0 Å². The molecule has 202 valence electrons. The number of amides is 3. The van der Waals surface area contributed by atoms with Gasteiger partial charge in [0.05, 0.1) is 12.6 Å². The molecule has 0 aromatic heterocycles. The quantitative estimate of drug-likeness (QED) is 0.181. The summed E-state index contributed by atoms with van der Waals surface area (Å²) >= 11 is 0. The third kappa shape index (κ3) is 10.3. The zero-order valence-electron chi connectivity index (χ0n) is 20.7. The molecular weight excluding hydrogens is 478 g/mol. The molecule has 2 fully saturated rings. The fourth-order valence-electron chi connectivity index (χ4n) is 4.81. The van der Waals surface area contributed by atoms with E-state index in [0.717, 1.165) is 12.8 Å². The van der Waals surface area contributed by atoms with Crippen molar-refractivity contribution in [2.75, 3.05) is 13.2 Å². The van der Waals surface area contributed by atoms with Gasteiger partial charge in [0.2, 0.25) is 17.3 Å². The van der Waals surface area contributed by atoms with Crippen molar-refractivity contribution in [3.63, 3.8) is 0 Å². The number of aliphatic hydroxyl groups is 1. The molecule has 3 amide bonds. The van der Waals surface area contributed by atoms with Crippen LogP contribution in [0.3, 0.4) is 0 Å². The van der Waals surface area contributed by atoms with Crippen LogP contribution in [-0.4, -0.2) is 66.7 Å². The predicted molar refractivity (Wildman–Crippen MR) is 129 cm³/mol. The Bertz CT molecular complexity index is 814. The highest BCUT2D eigenvalue weighted by Crippen LogP contribution is 2.27. The fraction of sp³-hybridized carbons (Fsp3) is 0.870. The minimum atomic E-state index is -4.91. The van der Waals surface area contributed by atoms with Gasteiger partial charge in [-0.1, -0.05) is 46.0 Å². The highest BCUT2D eigenvalue weighted by Gasteiger charge is 2.37. The van der Waals surface area contributed by atoms with Gasteiger partial charge in [-0.15, -0.1) is 0 Å². The Morgan fingerprint density at radius 2 is 1.83 bits per heavy atom. The zero-order valence-corrected chi connectivity index (χ0v) is 21.5. The van der Waals surface area contributed by atoms with Crippen LogP contribution in [0.1, 0.15) is 78.1 Å². The van der Waals surface area contributed by atoms with Crippen LogP contribution in [0, 0.1) is 17.8 Å². The molecule has 4 atom stereocenters. The van der Waals surface area contributed by atoms with Crippen LogP contribution in [-0.2, 0) is 24.4 Å². The van der Waals surface area contributed by atoms with E-state index in [4.69, 9.17) is 4.74 Å². The second-order valence-corrected chi connectivity index (χ2v) is 11.7. The van der Waals surface area contributed by atoms with Gasteiger partial charge in [0.25, 0.3) is 10.1 Å². The summed E-state index contributed by atoms with van der Waals surface area (Å²) in [5.74, 6) is -1.00. The monoisotopic (exact) mass is 519 g/mol. The first-order valence-electron chi connectivity index (χ1n) is 12.6. The third-order valence-corrected chi connectivity index (χ3v) is 7.65. The molecule has 5 N–H and O–H groups in total. The largest absolute Gasteiger partial charge is 0.450 e. The number of ether oxygens (including phenoxy) is 1. The lowest BCUT2D eigenvalue weighted by molar-refractivity contribution is -0.126. The Kier molecular flexibility index (Phi) is 11.7. The highest BCUT2D eigenvalue weighted by atomic mass is 32.2. The van der Waals surface area contributed by atoms with Crippen molar-refractivity contribution in [1.82, 2.24) is 16.0 Å². The van der Waals surface area contributed by atoms with E-state index in [1.165, 1.54) is 32.1 Å². The van der Waals surface area contributed by atoms with Crippen LogP contribution < -0.4 is 16.0 Å². The Hall–Kier alpha value is -1.92. The minimum absolute atomic E-state index is 0.00269. The van der Waals surface area contributed by atoms with E-state index in [1.807, 2.05) is 13.8 Å². The number of carbonyl (C=O) groups is 3. The first-order valence-corrected chi connectivity index (χ1v) is 14.1.